The van der Waals surface area contributed by atoms with Crippen molar-refractivity contribution in [1.82, 2.24) is 0 Å². The molecule has 0 aromatic rings. The number of hydrogen-bond acceptors (Lipinski definition) is 2. The highest BCUT2D eigenvalue weighted by Crippen LogP contribution is 2.21. The average molecular weight is 254 g/mol. The monoisotopic (exact) mass is 254 g/mol. The Hall–Kier alpha value is -0.340. The van der Waals surface area contributed by atoms with Crippen LogP contribution in [0.25, 0.3) is 0 Å². The quantitative estimate of drug-likeness (QED) is 0.749. The summed E-state index contributed by atoms with van der Waals surface area (Å²) >= 11 is 0. The van der Waals surface area contributed by atoms with Gasteiger partial charge in [0.1, 0.15) is 0 Å². The van der Waals surface area contributed by atoms with Gasteiger partial charge in [0, 0.05) is 12.1 Å². The SMILES string of the molecule is CC1=CC[C@@H](N)[C@H](C)C1.CC[C@@H](N)CCC(C)C. The zero-order valence-corrected chi connectivity index (χ0v) is 13.1. The summed E-state index contributed by atoms with van der Waals surface area (Å²) in [6.45, 7) is 11.0. The second-order valence-electron chi connectivity index (χ2n) is 6.27. The van der Waals surface area contributed by atoms with E-state index in [0.29, 0.717) is 18.0 Å². The van der Waals surface area contributed by atoms with Crippen molar-refractivity contribution in [2.24, 2.45) is 23.3 Å². The van der Waals surface area contributed by atoms with Crippen molar-refractivity contribution in [1.29, 1.82) is 0 Å². The molecule has 2 heteroatoms. The Kier molecular flexibility index (Phi) is 9.39. The van der Waals surface area contributed by atoms with Crippen LogP contribution >= 0.6 is 0 Å². The van der Waals surface area contributed by atoms with Gasteiger partial charge in [-0.3, -0.25) is 0 Å². The average Bonchev–Trinajstić information content (AvgIpc) is 2.32. The molecule has 0 aliphatic heterocycles. The van der Waals surface area contributed by atoms with Gasteiger partial charge in [-0.05, 0) is 50.9 Å². The fourth-order valence-corrected chi connectivity index (χ4v) is 2.06. The van der Waals surface area contributed by atoms with E-state index in [2.05, 4.69) is 40.7 Å². The van der Waals surface area contributed by atoms with Crippen molar-refractivity contribution in [3.8, 4) is 0 Å². The molecule has 0 radical (unpaired) electrons. The van der Waals surface area contributed by atoms with E-state index >= 15 is 0 Å². The highest BCUT2D eigenvalue weighted by molar-refractivity contribution is 5.06. The summed E-state index contributed by atoms with van der Waals surface area (Å²) in [6, 6.07) is 0.848. The summed E-state index contributed by atoms with van der Waals surface area (Å²) in [5.74, 6) is 1.50. The molecule has 0 amide bonds. The molecule has 0 fully saturated rings. The van der Waals surface area contributed by atoms with E-state index in [9.17, 15) is 0 Å². The van der Waals surface area contributed by atoms with Crippen molar-refractivity contribution in [2.75, 3.05) is 0 Å². The zero-order chi connectivity index (χ0) is 14.1. The van der Waals surface area contributed by atoms with Crippen molar-refractivity contribution in [2.45, 2.75) is 78.8 Å². The number of allylic oxidation sites excluding steroid dienone is 1. The predicted molar refractivity (Wildman–Crippen MR) is 82.5 cm³/mol. The van der Waals surface area contributed by atoms with Crippen LogP contribution in [-0.4, -0.2) is 12.1 Å². The highest BCUT2D eigenvalue weighted by atomic mass is 14.6. The van der Waals surface area contributed by atoms with E-state index in [1.165, 1.54) is 24.8 Å². The van der Waals surface area contributed by atoms with Gasteiger partial charge in [0.05, 0.1) is 0 Å². The summed E-state index contributed by atoms with van der Waals surface area (Å²) in [5.41, 5.74) is 13.0. The summed E-state index contributed by atoms with van der Waals surface area (Å²) in [4.78, 5) is 0. The molecular weight excluding hydrogens is 220 g/mol. The molecule has 0 heterocycles. The first-order valence-corrected chi connectivity index (χ1v) is 7.53. The molecule has 108 valence electrons. The van der Waals surface area contributed by atoms with Gasteiger partial charge in [-0.2, -0.15) is 0 Å². The van der Waals surface area contributed by atoms with Gasteiger partial charge < -0.3 is 11.5 Å². The van der Waals surface area contributed by atoms with E-state index in [-0.39, 0.29) is 0 Å². The van der Waals surface area contributed by atoms with Gasteiger partial charge in [-0.15, -0.1) is 0 Å². The highest BCUT2D eigenvalue weighted by Gasteiger charge is 2.15. The lowest BCUT2D eigenvalue weighted by Crippen LogP contribution is -2.29. The molecule has 0 saturated carbocycles. The van der Waals surface area contributed by atoms with Crippen molar-refractivity contribution >= 4 is 0 Å². The zero-order valence-electron chi connectivity index (χ0n) is 13.1. The molecule has 1 aliphatic carbocycles. The minimum Gasteiger partial charge on any atom is -0.328 e. The Morgan fingerprint density at radius 2 is 1.94 bits per heavy atom. The second kappa shape index (κ2) is 9.57. The van der Waals surface area contributed by atoms with E-state index in [4.69, 9.17) is 11.5 Å². The molecule has 18 heavy (non-hydrogen) atoms. The van der Waals surface area contributed by atoms with Gasteiger partial charge in [0.15, 0.2) is 0 Å². The van der Waals surface area contributed by atoms with Crippen LogP contribution in [0, 0.1) is 11.8 Å². The first-order valence-electron chi connectivity index (χ1n) is 7.53. The maximum atomic E-state index is 5.80. The molecule has 0 saturated heterocycles. The van der Waals surface area contributed by atoms with E-state index < -0.39 is 0 Å². The first-order chi connectivity index (χ1) is 8.36. The molecule has 2 nitrogen and oxygen atoms in total. The number of nitrogens with two attached hydrogens (primary N) is 2. The van der Waals surface area contributed by atoms with Gasteiger partial charge in [0.2, 0.25) is 0 Å². The molecule has 0 aromatic heterocycles. The topological polar surface area (TPSA) is 52.0 Å². The fourth-order valence-electron chi connectivity index (χ4n) is 2.06. The third-order valence-electron chi connectivity index (χ3n) is 3.75. The van der Waals surface area contributed by atoms with E-state index in [1.54, 1.807) is 0 Å². The maximum Gasteiger partial charge on any atom is 0.0102 e. The molecule has 0 aromatic carbocycles. The Labute approximate surface area is 114 Å². The lowest BCUT2D eigenvalue weighted by molar-refractivity contribution is 0.434. The van der Waals surface area contributed by atoms with Crippen LogP contribution in [0.2, 0.25) is 0 Å². The van der Waals surface area contributed by atoms with E-state index in [0.717, 1.165) is 18.8 Å². The molecule has 0 bridgehead atoms. The van der Waals surface area contributed by atoms with Crippen molar-refractivity contribution < 1.29 is 0 Å². The van der Waals surface area contributed by atoms with Crippen LogP contribution < -0.4 is 11.5 Å². The largest absolute Gasteiger partial charge is 0.328 e. The summed E-state index contributed by atoms with van der Waals surface area (Å²) in [5, 5.41) is 0. The third-order valence-corrected chi connectivity index (χ3v) is 3.75. The van der Waals surface area contributed by atoms with Crippen LogP contribution in [0.5, 0.6) is 0 Å². The predicted octanol–water partition coefficient (Wildman–Crippen LogP) is 3.85. The van der Waals surface area contributed by atoms with Crippen LogP contribution in [-0.2, 0) is 0 Å². The summed E-state index contributed by atoms with van der Waals surface area (Å²) < 4.78 is 0. The molecule has 3 atom stereocenters. The first kappa shape index (κ1) is 17.7. The smallest absolute Gasteiger partial charge is 0.0102 e. The lowest BCUT2D eigenvalue weighted by atomic mass is 9.87. The Morgan fingerprint density at radius 1 is 1.33 bits per heavy atom. The fraction of sp³-hybridized carbons (Fsp3) is 0.875. The Balaban J connectivity index is 0.000000321. The minimum absolute atomic E-state index is 0.411. The van der Waals surface area contributed by atoms with Crippen molar-refractivity contribution in [3.63, 3.8) is 0 Å². The number of hydrogen-bond donors (Lipinski definition) is 2. The van der Waals surface area contributed by atoms with Gasteiger partial charge in [0.25, 0.3) is 0 Å². The van der Waals surface area contributed by atoms with Crippen LogP contribution in [0.1, 0.15) is 66.7 Å². The minimum atomic E-state index is 0.411. The second-order valence-corrected chi connectivity index (χ2v) is 6.27. The van der Waals surface area contributed by atoms with Gasteiger partial charge >= 0.3 is 0 Å². The standard InChI is InChI=1S/C8H15N.C8H19N/c1-6-3-4-8(9)7(2)5-6;1-4-8(9)6-5-7(2)3/h3,7-8H,4-5,9H2,1-2H3;7-8H,4-6,9H2,1-3H3/t7-,8-;8-/m11/s1. The lowest BCUT2D eigenvalue weighted by Gasteiger charge is -2.23. The van der Waals surface area contributed by atoms with Crippen LogP contribution in [0.3, 0.4) is 0 Å². The maximum absolute atomic E-state index is 5.80. The molecule has 1 aliphatic rings. The third kappa shape index (κ3) is 8.71. The normalized spacial score (nSPS) is 25.2. The number of rotatable bonds is 4. The van der Waals surface area contributed by atoms with E-state index in [1.807, 2.05) is 0 Å². The Bertz CT molecular complexity index is 233. The molecule has 1 rings (SSSR count). The molecule has 0 unspecified atom stereocenters. The molecular formula is C16H34N2. The van der Waals surface area contributed by atoms with Crippen LogP contribution in [0.4, 0.5) is 0 Å². The van der Waals surface area contributed by atoms with Gasteiger partial charge in [-0.1, -0.05) is 39.3 Å². The van der Waals surface area contributed by atoms with Crippen molar-refractivity contribution in [3.05, 3.63) is 11.6 Å². The Morgan fingerprint density at radius 3 is 2.33 bits per heavy atom. The van der Waals surface area contributed by atoms with Crippen LogP contribution in [0.15, 0.2) is 11.6 Å². The van der Waals surface area contributed by atoms with Gasteiger partial charge in [-0.25, -0.2) is 0 Å². The molecule has 4 N–H and O–H groups in total. The summed E-state index contributed by atoms with van der Waals surface area (Å²) in [7, 11) is 0. The summed E-state index contributed by atoms with van der Waals surface area (Å²) in [6.07, 6.45) is 8.11. The molecule has 0 spiro atoms.